The van der Waals surface area contributed by atoms with E-state index in [-0.39, 0.29) is 19.1 Å². The van der Waals surface area contributed by atoms with Gasteiger partial charge >= 0.3 is 11.9 Å². The molecular weight excluding hydrogens is 286 g/mol. The van der Waals surface area contributed by atoms with Gasteiger partial charge in [-0.1, -0.05) is 30.3 Å². The predicted octanol–water partition coefficient (Wildman–Crippen LogP) is 1.14. The van der Waals surface area contributed by atoms with Crippen molar-refractivity contribution in [3.63, 3.8) is 0 Å². The topological polar surface area (TPSA) is 72.9 Å². The van der Waals surface area contributed by atoms with Gasteiger partial charge in [-0.25, -0.2) is 0 Å². The summed E-state index contributed by atoms with van der Waals surface area (Å²) in [5.41, 5.74) is 0.883. The molecule has 1 fully saturated rings. The van der Waals surface area contributed by atoms with Crippen molar-refractivity contribution in [1.82, 2.24) is 4.90 Å². The first-order chi connectivity index (χ1) is 10.6. The van der Waals surface area contributed by atoms with Crippen LogP contribution in [0, 0.1) is 5.92 Å². The third-order valence-electron chi connectivity index (χ3n) is 3.58. The second-order valence-electron chi connectivity index (χ2n) is 5.12. The summed E-state index contributed by atoms with van der Waals surface area (Å²) >= 11 is 0. The van der Waals surface area contributed by atoms with E-state index in [2.05, 4.69) is 4.74 Å². The van der Waals surface area contributed by atoms with E-state index in [1.54, 1.807) is 0 Å². The lowest BCUT2D eigenvalue weighted by Gasteiger charge is -2.30. The monoisotopic (exact) mass is 305 g/mol. The Bertz CT molecular complexity index is 543. The first-order valence-corrected chi connectivity index (χ1v) is 7.18. The molecule has 1 aliphatic heterocycles. The number of hydrogen-bond donors (Lipinski definition) is 0. The minimum absolute atomic E-state index is 0.140. The molecule has 6 nitrogen and oxygen atoms in total. The van der Waals surface area contributed by atoms with Gasteiger partial charge in [-0.3, -0.25) is 14.4 Å². The van der Waals surface area contributed by atoms with Crippen LogP contribution in [0.15, 0.2) is 30.3 Å². The van der Waals surface area contributed by atoms with Crippen molar-refractivity contribution in [1.29, 1.82) is 0 Å². The Morgan fingerprint density at radius 3 is 2.68 bits per heavy atom. The minimum atomic E-state index is -0.805. The van der Waals surface area contributed by atoms with Gasteiger partial charge in [-0.05, 0) is 18.4 Å². The van der Waals surface area contributed by atoms with Crippen LogP contribution in [0.25, 0.3) is 0 Å². The molecule has 0 aliphatic carbocycles. The highest BCUT2D eigenvalue weighted by molar-refractivity contribution is 5.99. The molecule has 1 amide bonds. The number of amides is 1. The molecule has 1 heterocycles. The van der Waals surface area contributed by atoms with Gasteiger partial charge in [0.2, 0.25) is 5.91 Å². The molecule has 1 unspecified atom stereocenters. The summed E-state index contributed by atoms with van der Waals surface area (Å²) in [5, 5.41) is 0. The van der Waals surface area contributed by atoms with E-state index in [0.717, 1.165) is 5.56 Å². The fourth-order valence-electron chi connectivity index (χ4n) is 2.40. The molecule has 0 radical (unpaired) electrons. The van der Waals surface area contributed by atoms with Gasteiger partial charge in [0.25, 0.3) is 0 Å². The maximum Gasteiger partial charge on any atom is 0.325 e. The van der Waals surface area contributed by atoms with Crippen molar-refractivity contribution in [2.75, 3.05) is 20.2 Å². The van der Waals surface area contributed by atoms with E-state index in [0.29, 0.717) is 19.4 Å². The average molecular weight is 305 g/mol. The van der Waals surface area contributed by atoms with Crippen LogP contribution in [0.4, 0.5) is 0 Å². The second kappa shape index (κ2) is 7.59. The van der Waals surface area contributed by atoms with E-state index in [1.165, 1.54) is 12.0 Å². The Kier molecular flexibility index (Phi) is 5.52. The maximum absolute atomic E-state index is 12.2. The quantitative estimate of drug-likeness (QED) is 0.602. The number of carbonyl (C=O) groups is 3. The highest BCUT2D eigenvalue weighted by Gasteiger charge is 2.35. The first-order valence-electron chi connectivity index (χ1n) is 7.18. The molecule has 1 atom stereocenters. The summed E-state index contributed by atoms with van der Waals surface area (Å²) in [7, 11) is 1.25. The van der Waals surface area contributed by atoms with Crippen molar-refractivity contribution in [2.24, 2.45) is 5.92 Å². The van der Waals surface area contributed by atoms with Gasteiger partial charge in [0.15, 0.2) is 0 Å². The van der Waals surface area contributed by atoms with Crippen LogP contribution >= 0.6 is 0 Å². The number of rotatable bonds is 5. The van der Waals surface area contributed by atoms with E-state index < -0.39 is 17.9 Å². The number of esters is 2. The molecule has 0 N–H and O–H groups in total. The van der Waals surface area contributed by atoms with Crippen LogP contribution in [0.3, 0.4) is 0 Å². The van der Waals surface area contributed by atoms with E-state index >= 15 is 0 Å². The summed E-state index contributed by atoms with van der Waals surface area (Å²) in [4.78, 5) is 36.9. The molecule has 1 aromatic carbocycles. The molecular formula is C16H19NO5. The molecule has 0 bridgehead atoms. The number of piperidine rings is 1. The Labute approximate surface area is 129 Å². The Hall–Kier alpha value is -2.37. The summed E-state index contributed by atoms with van der Waals surface area (Å²) in [6.45, 7) is 0.480. The van der Waals surface area contributed by atoms with Crippen molar-refractivity contribution in [2.45, 2.75) is 19.4 Å². The van der Waals surface area contributed by atoms with Gasteiger partial charge < -0.3 is 14.4 Å². The van der Waals surface area contributed by atoms with Crippen molar-refractivity contribution >= 4 is 17.8 Å². The number of hydrogen-bond acceptors (Lipinski definition) is 5. The highest BCUT2D eigenvalue weighted by atomic mass is 16.5. The molecule has 0 spiro atoms. The van der Waals surface area contributed by atoms with Gasteiger partial charge in [-0.15, -0.1) is 0 Å². The van der Waals surface area contributed by atoms with Crippen LogP contribution in [0.1, 0.15) is 18.4 Å². The molecule has 0 aromatic heterocycles. The zero-order chi connectivity index (χ0) is 15.9. The molecule has 1 aromatic rings. The third kappa shape index (κ3) is 4.07. The number of ether oxygens (including phenoxy) is 2. The SMILES string of the molecule is COC(=O)C1CCCN(CC(=O)OCc2ccccc2)C1=O. The lowest BCUT2D eigenvalue weighted by Crippen LogP contribution is -2.46. The molecule has 1 aliphatic rings. The first kappa shape index (κ1) is 16.0. The number of methoxy groups -OCH3 is 1. The fourth-order valence-corrected chi connectivity index (χ4v) is 2.40. The van der Waals surface area contributed by atoms with Crippen molar-refractivity contribution in [3.8, 4) is 0 Å². The van der Waals surface area contributed by atoms with E-state index in [1.807, 2.05) is 30.3 Å². The van der Waals surface area contributed by atoms with Crippen LogP contribution in [-0.4, -0.2) is 42.9 Å². The zero-order valence-electron chi connectivity index (χ0n) is 12.5. The standard InChI is InChI=1S/C16H19NO5/c1-21-16(20)13-8-5-9-17(15(13)19)10-14(18)22-11-12-6-3-2-4-7-12/h2-4,6-7,13H,5,8-11H2,1H3. The van der Waals surface area contributed by atoms with Crippen molar-refractivity contribution < 1.29 is 23.9 Å². The lowest BCUT2D eigenvalue weighted by molar-refractivity contribution is -0.160. The average Bonchev–Trinajstić information content (AvgIpc) is 2.55. The Morgan fingerprint density at radius 1 is 1.27 bits per heavy atom. The summed E-state index contributed by atoms with van der Waals surface area (Å²) in [6, 6.07) is 9.31. The molecule has 6 heteroatoms. The van der Waals surface area contributed by atoms with E-state index in [9.17, 15) is 14.4 Å². The maximum atomic E-state index is 12.2. The largest absolute Gasteiger partial charge is 0.468 e. The van der Waals surface area contributed by atoms with Crippen LogP contribution in [-0.2, 0) is 30.5 Å². The van der Waals surface area contributed by atoms with Gasteiger partial charge in [-0.2, -0.15) is 0 Å². The number of benzene rings is 1. The predicted molar refractivity (Wildman–Crippen MR) is 77.6 cm³/mol. The third-order valence-corrected chi connectivity index (χ3v) is 3.58. The highest BCUT2D eigenvalue weighted by Crippen LogP contribution is 2.19. The summed E-state index contributed by atoms with van der Waals surface area (Å²) < 4.78 is 9.77. The van der Waals surface area contributed by atoms with Gasteiger partial charge in [0.1, 0.15) is 19.1 Å². The zero-order valence-corrected chi connectivity index (χ0v) is 12.5. The second-order valence-corrected chi connectivity index (χ2v) is 5.12. The van der Waals surface area contributed by atoms with Crippen LogP contribution in [0.5, 0.6) is 0 Å². The summed E-state index contributed by atoms with van der Waals surface area (Å²) in [6.07, 6.45) is 1.12. The normalized spacial score (nSPS) is 18.0. The number of likely N-dealkylation sites (tertiary alicyclic amines) is 1. The molecule has 118 valence electrons. The molecule has 22 heavy (non-hydrogen) atoms. The fraction of sp³-hybridized carbons (Fsp3) is 0.438. The Balaban J connectivity index is 1.85. The Morgan fingerprint density at radius 2 is 2.00 bits per heavy atom. The van der Waals surface area contributed by atoms with Gasteiger partial charge in [0.05, 0.1) is 7.11 Å². The molecule has 1 saturated heterocycles. The lowest BCUT2D eigenvalue weighted by atomic mass is 9.97. The minimum Gasteiger partial charge on any atom is -0.468 e. The van der Waals surface area contributed by atoms with Gasteiger partial charge in [0, 0.05) is 6.54 Å². The number of nitrogens with zero attached hydrogens (tertiary/aromatic N) is 1. The van der Waals surface area contributed by atoms with Crippen LogP contribution in [0.2, 0.25) is 0 Å². The smallest absolute Gasteiger partial charge is 0.325 e. The van der Waals surface area contributed by atoms with E-state index in [4.69, 9.17) is 4.74 Å². The molecule has 2 rings (SSSR count). The molecule has 0 saturated carbocycles. The number of carbonyl (C=O) groups excluding carboxylic acids is 3. The van der Waals surface area contributed by atoms with Crippen molar-refractivity contribution in [3.05, 3.63) is 35.9 Å². The van der Waals surface area contributed by atoms with Crippen LogP contribution < -0.4 is 0 Å². The summed E-state index contributed by atoms with van der Waals surface area (Å²) in [5.74, 6) is -2.20.